The molecule has 1 aromatic rings. The van der Waals surface area contributed by atoms with Gasteiger partial charge in [-0.1, -0.05) is 13.0 Å². The van der Waals surface area contributed by atoms with E-state index >= 15 is 0 Å². The van der Waals surface area contributed by atoms with Crippen molar-refractivity contribution in [3.05, 3.63) is 29.3 Å². The van der Waals surface area contributed by atoms with Crippen molar-refractivity contribution >= 4 is 11.6 Å². The molecule has 1 aliphatic rings. The molecule has 1 saturated heterocycles. The molecule has 1 amide bonds. The maximum atomic E-state index is 12.6. The molecule has 2 N–H and O–H groups in total. The van der Waals surface area contributed by atoms with E-state index < -0.39 is 0 Å². The summed E-state index contributed by atoms with van der Waals surface area (Å²) in [7, 11) is 0. The Morgan fingerprint density at radius 2 is 2.30 bits per heavy atom. The minimum atomic E-state index is 0.0691. The van der Waals surface area contributed by atoms with Gasteiger partial charge in [0, 0.05) is 30.9 Å². The Balaban J connectivity index is 2.06. The third-order valence-corrected chi connectivity index (χ3v) is 3.83. The van der Waals surface area contributed by atoms with Crippen molar-refractivity contribution in [2.75, 3.05) is 25.4 Å². The normalized spacial score (nSPS) is 19.1. The maximum absolute atomic E-state index is 12.6. The molecule has 0 spiro atoms. The number of piperidine rings is 1. The lowest BCUT2D eigenvalue weighted by atomic mass is 10.0. The molecule has 0 radical (unpaired) electrons. The highest BCUT2D eigenvalue weighted by Crippen LogP contribution is 2.21. The first kappa shape index (κ1) is 14.9. The molecule has 1 unspecified atom stereocenters. The predicted molar refractivity (Wildman–Crippen MR) is 80.8 cm³/mol. The molecule has 1 heterocycles. The van der Waals surface area contributed by atoms with Crippen LogP contribution in [-0.4, -0.2) is 36.6 Å². The number of benzene rings is 1. The second-order valence-electron chi connectivity index (χ2n) is 5.41. The van der Waals surface area contributed by atoms with E-state index in [1.165, 1.54) is 0 Å². The summed E-state index contributed by atoms with van der Waals surface area (Å²) >= 11 is 0. The van der Waals surface area contributed by atoms with E-state index in [2.05, 4.69) is 6.92 Å². The summed E-state index contributed by atoms with van der Waals surface area (Å²) in [4.78, 5) is 14.5. The summed E-state index contributed by atoms with van der Waals surface area (Å²) in [5.41, 5.74) is 8.14. The highest BCUT2D eigenvalue weighted by Gasteiger charge is 2.25. The third-order valence-electron chi connectivity index (χ3n) is 3.83. The number of likely N-dealkylation sites (tertiary alicyclic amines) is 1. The topological polar surface area (TPSA) is 55.6 Å². The number of carbonyl (C=O) groups is 1. The second kappa shape index (κ2) is 6.75. The summed E-state index contributed by atoms with van der Waals surface area (Å²) in [6.45, 7) is 6.26. The Morgan fingerprint density at radius 3 is 3.05 bits per heavy atom. The van der Waals surface area contributed by atoms with E-state index in [1.807, 2.05) is 30.0 Å². The first-order chi connectivity index (χ1) is 9.63. The van der Waals surface area contributed by atoms with Gasteiger partial charge < -0.3 is 15.4 Å². The Bertz CT molecular complexity index is 474. The van der Waals surface area contributed by atoms with Crippen molar-refractivity contribution < 1.29 is 9.53 Å². The van der Waals surface area contributed by atoms with Crippen molar-refractivity contribution in [1.82, 2.24) is 4.90 Å². The van der Waals surface area contributed by atoms with Crippen LogP contribution in [0.15, 0.2) is 18.2 Å². The van der Waals surface area contributed by atoms with Crippen LogP contribution in [0.25, 0.3) is 0 Å². The highest BCUT2D eigenvalue weighted by atomic mass is 16.5. The molecular weight excluding hydrogens is 252 g/mol. The molecule has 0 aromatic heterocycles. The van der Waals surface area contributed by atoms with Gasteiger partial charge in [-0.15, -0.1) is 0 Å². The number of hydrogen-bond acceptors (Lipinski definition) is 3. The van der Waals surface area contributed by atoms with Crippen LogP contribution in [0, 0.1) is 6.92 Å². The van der Waals surface area contributed by atoms with Crippen molar-refractivity contribution in [3.63, 3.8) is 0 Å². The van der Waals surface area contributed by atoms with E-state index in [0.717, 1.165) is 38.0 Å². The van der Waals surface area contributed by atoms with Crippen molar-refractivity contribution in [2.45, 2.75) is 39.2 Å². The van der Waals surface area contributed by atoms with Crippen LogP contribution >= 0.6 is 0 Å². The number of nitrogens with zero attached hydrogens (tertiary/aromatic N) is 1. The van der Waals surface area contributed by atoms with Gasteiger partial charge >= 0.3 is 0 Å². The SMILES string of the molecule is CCCOC1CCCN(C(=O)c2cccc(N)c2C)C1. The van der Waals surface area contributed by atoms with Crippen LogP contribution in [0.2, 0.25) is 0 Å². The molecule has 4 heteroatoms. The fraction of sp³-hybridized carbons (Fsp3) is 0.562. The second-order valence-corrected chi connectivity index (χ2v) is 5.41. The van der Waals surface area contributed by atoms with E-state index in [1.54, 1.807) is 0 Å². The lowest BCUT2D eigenvalue weighted by Gasteiger charge is -2.33. The van der Waals surface area contributed by atoms with Crippen molar-refractivity contribution in [3.8, 4) is 0 Å². The molecule has 1 atom stereocenters. The summed E-state index contributed by atoms with van der Waals surface area (Å²) in [6, 6.07) is 5.52. The zero-order valence-corrected chi connectivity index (χ0v) is 12.4. The van der Waals surface area contributed by atoms with E-state index in [4.69, 9.17) is 10.5 Å². The molecule has 0 saturated carbocycles. The Labute approximate surface area is 120 Å². The predicted octanol–water partition coefficient (Wildman–Crippen LogP) is 2.61. The quantitative estimate of drug-likeness (QED) is 0.860. The lowest BCUT2D eigenvalue weighted by molar-refractivity contribution is 0.00209. The van der Waals surface area contributed by atoms with Gasteiger partial charge in [0.25, 0.3) is 5.91 Å². The fourth-order valence-corrected chi connectivity index (χ4v) is 2.60. The minimum absolute atomic E-state index is 0.0691. The summed E-state index contributed by atoms with van der Waals surface area (Å²) < 4.78 is 5.78. The number of nitrogens with two attached hydrogens (primary N) is 1. The van der Waals surface area contributed by atoms with Crippen LogP contribution in [-0.2, 0) is 4.74 Å². The average Bonchev–Trinajstić information content (AvgIpc) is 2.47. The highest BCUT2D eigenvalue weighted by molar-refractivity contribution is 5.97. The van der Waals surface area contributed by atoms with Crippen LogP contribution < -0.4 is 5.73 Å². The summed E-state index contributed by atoms with van der Waals surface area (Å²) in [5, 5.41) is 0. The molecule has 1 aliphatic heterocycles. The zero-order valence-electron chi connectivity index (χ0n) is 12.4. The van der Waals surface area contributed by atoms with Gasteiger partial charge in [-0.3, -0.25) is 4.79 Å². The summed E-state index contributed by atoms with van der Waals surface area (Å²) in [5.74, 6) is 0.0691. The average molecular weight is 276 g/mol. The maximum Gasteiger partial charge on any atom is 0.254 e. The fourth-order valence-electron chi connectivity index (χ4n) is 2.60. The van der Waals surface area contributed by atoms with Crippen LogP contribution in [0.3, 0.4) is 0 Å². The molecular formula is C16H24N2O2. The van der Waals surface area contributed by atoms with Crippen molar-refractivity contribution in [1.29, 1.82) is 0 Å². The third kappa shape index (κ3) is 3.31. The zero-order chi connectivity index (χ0) is 14.5. The smallest absolute Gasteiger partial charge is 0.254 e. The van der Waals surface area contributed by atoms with Crippen LogP contribution in [0.5, 0.6) is 0 Å². The molecule has 1 fully saturated rings. The molecule has 110 valence electrons. The first-order valence-corrected chi connectivity index (χ1v) is 7.39. The molecule has 4 nitrogen and oxygen atoms in total. The Morgan fingerprint density at radius 1 is 1.50 bits per heavy atom. The van der Waals surface area contributed by atoms with Gasteiger partial charge in [0.05, 0.1) is 6.10 Å². The number of anilines is 1. The van der Waals surface area contributed by atoms with Gasteiger partial charge in [-0.2, -0.15) is 0 Å². The van der Waals surface area contributed by atoms with Gasteiger partial charge in [0.2, 0.25) is 0 Å². The largest absolute Gasteiger partial charge is 0.398 e. The summed E-state index contributed by atoms with van der Waals surface area (Å²) in [6.07, 6.45) is 3.23. The Kier molecular flexibility index (Phi) is 5.01. The van der Waals surface area contributed by atoms with Gasteiger partial charge in [0.15, 0.2) is 0 Å². The first-order valence-electron chi connectivity index (χ1n) is 7.39. The molecule has 1 aromatic carbocycles. The van der Waals surface area contributed by atoms with Gasteiger partial charge in [0.1, 0.15) is 0 Å². The monoisotopic (exact) mass is 276 g/mol. The lowest BCUT2D eigenvalue weighted by Crippen LogP contribution is -2.43. The number of rotatable bonds is 4. The number of nitrogen functional groups attached to an aromatic ring is 1. The number of ether oxygens (including phenoxy) is 1. The van der Waals surface area contributed by atoms with Gasteiger partial charge in [-0.05, 0) is 43.9 Å². The van der Waals surface area contributed by atoms with Crippen LogP contribution in [0.1, 0.15) is 42.1 Å². The molecule has 2 rings (SSSR count). The van der Waals surface area contributed by atoms with E-state index in [0.29, 0.717) is 17.8 Å². The molecule has 20 heavy (non-hydrogen) atoms. The molecule has 0 aliphatic carbocycles. The molecule has 0 bridgehead atoms. The Hall–Kier alpha value is -1.55. The van der Waals surface area contributed by atoms with E-state index in [9.17, 15) is 4.79 Å². The standard InChI is InChI=1S/C16H24N2O2/c1-3-10-20-13-6-5-9-18(11-13)16(19)14-7-4-8-15(17)12(14)2/h4,7-8,13H,3,5-6,9-11,17H2,1-2H3. The van der Waals surface area contributed by atoms with Crippen molar-refractivity contribution in [2.24, 2.45) is 0 Å². The number of carbonyl (C=O) groups excluding carboxylic acids is 1. The van der Waals surface area contributed by atoms with E-state index in [-0.39, 0.29) is 12.0 Å². The number of hydrogen-bond donors (Lipinski definition) is 1. The van der Waals surface area contributed by atoms with Crippen LogP contribution in [0.4, 0.5) is 5.69 Å². The minimum Gasteiger partial charge on any atom is -0.398 e. The van der Waals surface area contributed by atoms with Gasteiger partial charge in [-0.25, -0.2) is 0 Å². The number of amides is 1.